The Labute approximate surface area is 138 Å². The molecule has 0 bridgehead atoms. The van der Waals surface area contributed by atoms with Crippen LogP contribution in [0.3, 0.4) is 0 Å². The molecule has 23 heavy (non-hydrogen) atoms. The molecule has 0 fully saturated rings. The van der Waals surface area contributed by atoms with Crippen molar-refractivity contribution < 1.29 is 4.79 Å². The number of pyridine rings is 1. The van der Waals surface area contributed by atoms with Crippen molar-refractivity contribution in [2.24, 2.45) is 0 Å². The third kappa shape index (κ3) is 3.37. The van der Waals surface area contributed by atoms with Crippen molar-refractivity contribution in [2.45, 2.75) is 13.0 Å². The quantitative estimate of drug-likeness (QED) is 0.799. The molecule has 116 valence electrons. The largest absolute Gasteiger partial charge is 0.344 e. The normalized spacial score (nSPS) is 11.9. The summed E-state index contributed by atoms with van der Waals surface area (Å²) in [5.74, 6) is -0.306. The van der Waals surface area contributed by atoms with Gasteiger partial charge < -0.3 is 5.32 Å². The Morgan fingerprint density at radius 2 is 2.09 bits per heavy atom. The molecule has 2 heterocycles. The fourth-order valence-corrected chi connectivity index (χ4v) is 2.33. The molecular weight excluding hydrogens is 314 g/mol. The van der Waals surface area contributed by atoms with E-state index in [1.165, 1.54) is 4.68 Å². The molecule has 2 aromatic heterocycles. The Morgan fingerprint density at radius 1 is 1.26 bits per heavy atom. The van der Waals surface area contributed by atoms with Gasteiger partial charge in [0.15, 0.2) is 5.69 Å². The molecule has 0 saturated heterocycles. The fourth-order valence-electron chi connectivity index (χ4n) is 2.11. The van der Waals surface area contributed by atoms with Gasteiger partial charge in [0, 0.05) is 12.4 Å². The summed E-state index contributed by atoms with van der Waals surface area (Å²) in [6.45, 7) is 1.88. The summed E-state index contributed by atoms with van der Waals surface area (Å²) >= 11 is 6.12. The van der Waals surface area contributed by atoms with Crippen molar-refractivity contribution in [3.8, 4) is 5.69 Å². The van der Waals surface area contributed by atoms with Gasteiger partial charge in [0.2, 0.25) is 0 Å². The van der Waals surface area contributed by atoms with Gasteiger partial charge in [-0.1, -0.05) is 35.0 Å². The smallest absolute Gasteiger partial charge is 0.273 e. The van der Waals surface area contributed by atoms with Gasteiger partial charge in [-0.05, 0) is 30.7 Å². The summed E-state index contributed by atoms with van der Waals surface area (Å²) in [5.41, 5.74) is 1.81. The number of benzene rings is 1. The maximum Gasteiger partial charge on any atom is 0.273 e. The molecule has 6 nitrogen and oxygen atoms in total. The number of aromatic nitrogens is 4. The average molecular weight is 328 g/mol. The number of carbonyl (C=O) groups excluding carboxylic acids is 1. The predicted molar refractivity (Wildman–Crippen MR) is 86.5 cm³/mol. The predicted octanol–water partition coefficient (Wildman–Crippen LogP) is 2.81. The van der Waals surface area contributed by atoms with E-state index in [1.54, 1.807) is 30.7 Å². The highest BCUT2D eigenvalue weighted by atomic mass is 35.5. The molecule has 3 aromatic rings. The number of hydrogen-bond donors (Lipinski definition) is 1. The van der Waals surface area contributed by atoms with Crippen molar-refractivity contribution in [1.82, 2.24) is 25.3 Å². The van der Waals surface area contributed by atoms with Crippen LogP contribution < -0.4 is 5.32 Å². The minimum Gasteiger partial charge on any atom is -0.344 e. The van der Waals surface area contributed by atoms with Crippen molar-refractivity contribution in [2.75, 3.05) is 0 Å². The minimum absolute atomic E-state index is 0.179. The van der Waals surface area contributed by atoms with Gasteiger partial charge in [-0.25, -0.2) is 4.68 Å². The second-order valence-corrected chi connectivity index (χ2v) is 5.39. The molecule has 1 N–H and O–H groups in total. The number of nitrogens with one attached hydrogen (secondary N) is 1. The highest BCUT2D eigenvalue weighted by molar-refractivity contribution is 6.32. The molecule has 0 aliphatic heterocycles. The number of nitrogens with zero attached hydrogens (tertiary/aromatic N) is 4. The first kappa shape index (κ1) is 15.2. The van der Waals surface area contributed by atoms with Crippen LogP contribution in [0, 0.1) is 0 Å². The summed E-state index contributed by atoms with van der Waals surface area (Å²) in [7, 11) is 0. The number of para-hydroxylation sites is 1. The van der Waals surface area contributed by atoms with Crippen LogP contribution in [0.1, 0.15) is 29.0 Å². The van der Waals surface area contributed by atoms with E-state index < -0.39 is 0 Å². The zero-order chi connectivity index (χ0) is 16.2. The van der Waals surface area contributed by atoms with Gasteiger partial charge in [-0.3, -0.25) is 9.78 Å². The van der Waals surface area contributed by atoms with Crippen LogP contribution in [0.2, 0.25) is 5.02 Å². The van der Waals surface area contributed by atoms with Crippen molar-refractivity contribution in [1.29, 1.82) is 0 Å². The van der Waals surface area contributed by atoms with Crippen LogP contribution in [0.15, 0.2) is 55.0 Å². The topological polar surface area (TPSA) is 72.7 Å². The van der Waals surface area contributed by atoms with Gasteiger partial charge in [-0.2, -0.15) is 0 Å². The number of carbonyl (C=O) groups is 1. The van der Waals surface area contributed by atoms with Crippen molar-refractivity contribution in [3.05, 3.63) is 71.3 Å². The summed E-state index contributed by atoms with van der Waals surface area (Å²) in [4.78, 5) is 16.3. The molecule has 1 aromatic carbocycles. The van der Waals surface area contributed by atoms with Gasteiger partial charge in [0.05, 0.1) is 22.9 Å². The van der Waals surface area contributed by atoms with E-state index in [-0.39, 0.29) is 17.6 Å². The summed E-state index contributed by atoms with van der Waals surface area (Å²) in [5, 5.41) is 11.3. The SMILES string of the molecule is C[C@@H](NC(=O)c1cn(-c2ccccc2Cl)nn1)c1cccnc1. The zero-order valence-electron chi connectivity index (χ0n) is 12.3. The Balaban J connectivity index is 1.75. The molecule has 0 spiro atoms. The lowest BCUT2D eigenvalue weighted by Crippen LogP contribution is -2.27. The molecule has 1 amide bonds. The third-order valence-electron chi connectivity index (χ3n) is 3.36. The summed E-state index contributed by atoms with van der Waals surface area (Å²) < 4.78 is 1.48. The molecule has 1 atom stereocenters. The van der Waals surface area contributed by atoms with Crippen LogP contribution >= 0.6 is 11.6 Å². The monoisotopic (exact) mass is 327 g/mol. The van der Waals surface area contributed by atoms with E-state index in [4.69, 9.17) is 11.6 Å². The van der Waals surface area contributed by atoms with E-state index in [0.717, 1.165) is 5.56 Å². The molecule has 3 rings (SSSR count). The van der Waals surface area contributed by atoms with E-state index in [9.17, 15) is 4.79 Å². The number of amides is 1. The standard InChI is InChI=1S/C16H14ClN5O/c1-11(12-5-4-8-18-9-12)19-16(23)14-10-22(21-20-14)15-7-3-2-6-13(15)17/h2-11H,1H3,(H,19,23)/t11-/m1/s1. The Kier molecular flexibility index (Phi) is 4.34. The molecule has 0 saturated carbocycles. The van der Waals surface area contributed by atoms with Gasteiger partial charge in [-0.15, -0.1) is 5.10 Å². The Bertz CT molecular complexity index is 818. The highest BCUT2D eigenvalue weighted by Crippen LogP contribution is 2.19. The lowest BCUT2D eigenvalue weighted by Gasteiger charge is -2.12. The lowest BCUT2D eigenvalue weighted by atomic mass is 10.1. The Morgan fingerprint density at radius 3 is 2.83 bits per heavy atom. The first-order chi connectivity index (χ1) is 11.1. The van der Waals surface area contributed by atoms with Crippen molar-refractivity contribution in [3.63, 3.8) is 0 Å². The molecule has 0 unspecified atom stereocenters. The van der Waals surface area contributed by atoms with E-state index in [1.807, 2.05) is 31.2 Å². The number of rotatable bonds is 4. The maximum atomic E-state index is 12.3. The van der Waals surface area contributed by atoms with Crippen LogP contribution in [0.25, 0.3) is 5.69 Å². The van der Waals surface area contributed by atoms with Crippen molar-refractivity contribution >= 4 is 17.5 Å². The van der Waals surface area contributed by atoms with Gasteiger partial charge in [0.1, 0.15) is 0 Å². The van der Waals surface area contributed by atoms with Crippen LogP contribution in [0.5, 0.6) is 0 Å². The van der Waals surface area contributed by atoms with Crippen LogP contribution in [-0.2, 0) is 0 Å². The van der Waals surface area contributed by atoms with E-state index in [2.05, 4.69) is 20.6 Å². The Hall–Kier alpha value is -2.73. The van der Waals surface area contributed by atoms with E-state index >= 15 is 0 Å². The van der Waals surface area contributed by atoms with Gasteiger partial charge >= 0.3 is 0 Å². The van der Waals surface area contributed by atoms with Crippen LogP contribution in [0.4, 0.5) is 0 Å². The number of hydrogen-bond acceptors (Lipinski definition) is 4. The third-order valence-corrected chi connectivity index (χ3v) is 3.68. The second-order valence-electron chi connectivity index (χ2n) is 4.98. The lowest BCUT2D eigenvalue weighted by molar-refractivity contribution is 0.0934. The maximum absolute atomic E-state index is 12.3. The molecule has 0 aliphatic rings. The van der Waals surface area contributed by atoms with E-state index in [0.29, 0.717) is 10.7 Å². The molecule has 0 aliphatic carbocycles. The molecule has 7 heteroatoms. The second kappa shape index (κ2) is 6.58. The summed E-state index contributed by atoms with van der Waals surface area (Å²) in [6.07, 6.45) is 4.95. The first-order valence-electron chi connectivity index (χ1n) is 7.03. The number of halogens is 1. The average Bonchev–Trinajstić information content (AvgIpc) is 3.06. The highest BCUT2D eigenvalue weighted by Gasteiger charge is 2.15. The fraction of sp³-hybridized carbons (Fsp3) is 0.125. The van der Waals surface area contributed by atoms with Gasteiger partial charge in [0.25, 0.3) is 5.91 Å². The zero-order valence-corrected chi connectivity index (χ0v) is 13.1. The minimum atomic E-state index is -0.306. The first-order valence-corrected chi connectivity index (χ1v) is 7.41. The summed E-state index contributed by atoms with van der Waals surface area (Å²) in [6, 6.07) is 10.8. The van der Waals surface area contributed by atoms with Crippen LogP contribution in [-0.4, -0.2) is 25.9 Å². The molecule has 0 radical (unpaired) electrons. The molecular formula is C16H14ClN5O.